The zero-order valence-corrected chi connectivity index (χ0v) is 9.41. The Morgan fingerprint density at radius 2 is 2.23 bits per heavy atom. The maximum absolute atomic E-state index is 3.77. The number of nitrogens with one attached hydrogen (secondary N) is 1. The lowest BCUT2D eigenvalue weighted by atomic mass is 10.1. The smallest absolute Gasteiger partial charge is 0.0160 e. The van der Waals surface area contributed by atoms with E-state index in [9.17, 15) is 0 Å². The van der Waals surface area contributed by atoms with Gasteiger partial charge in [0.05, 0.1) is 0 Å². The van der Waals surface area contributed by atoms with Crippen LogP contribution in [0.3, 0.4) is 0 Å². The third-order valence-electron chi connectivity index (χ3n) is 3.06. The van der Waals surface area contributed by atoms with Crippen LogP contribution in [-0.4, -0.2) is 23.6 Å². The van der Waals surface area contributed by atoms with Crippen LogP contribution in [0.4, 0.5) is 0 Å². The van der Waals surface area contributed by atoms with Crippen molar-refractivity contribution >= 4 is 11.8 Å². The largest absolute Gasteiger partial charge is 0.311 e. The zero-order valence-electron chi connectivity index (χ0n) is 8.59. The van der Waals surface area contributed by atoms with Crippen LogP contribution in [0.2, 0.25) is 0 Å². The lowest BCUT2D eigenvalue weighted by molar-refractivity contribution is 0.413. The van der Waals surface area contributed by atoms with Gasteiger partial charge in [-0.2, -0.15) is 11.8 Å². The van der Waals surface area contributed by atoms with Gasteiger partial charge in [0.1, 0.15) is 0 Å². The highest BCUT2D eigenvalue weighted by Crippen LogP contribution is 2.33. The van der Waals surface area contributed by atoms with Crippen molar-refractivity contribution in [2.75, 3.05) is 11.5 Å². The molecule has 0 spiro atoms. The van der Waals surface area contributed by atoms with Crippen LogP contribution in [0.5, 0.6) is 0 Å². The first-order valence-corrected chi connectivity index (χ1v) is 6.84. The van der Waals surface area contributed by atoms with E-state index in [1.54, 1.807) is 0 Å². The molecule has 2 fully saturated rings. The molecule has 76 valence electrons. The summed E-state index contributed by atoms with van der Waals surface area (Å²) in [4.78, 5) is 0. The van der Waals surface area contributed by atoms with Crippen molar-refractivity contribution in [1.29, 1.82) is 0 Å². The second kappa shape index (κ2) is 4.70. The summed E-state index contributed by atoms with van der Waals surface area (Å²) in [6, 6.07) is 1.57. The Morgan fingerprint density at radius 1 is 1.38 bits per heavy atom. The summed E-state index contributed by atoms with van der Waals surface area (Å²) in [5.41, 5.74) is 0. The van der Waals surface area contributed by atoms with Crippen molar-refractivity contribution in [2.45, 2.75) is 51.1 Å². The van der Waals surface area contributed by atoms with Crippen LogP contribution < -0.4 is 5.32 Å². The maximum atomic E-state index is 3.77. The fraction of sp³-hybridized carbons (Fsp3) is 1.00. The summed E-state index contributed by atoms with van der Waals surface area (Å²) >= 11 is 2.12. The lowest BCUT2D eigenvalue weighted by Crippen LogP contribution is -2.40. The fourth-order valence-electron chi connectivity index (χ4n) is 2.20. The molecule has 1 heterocycles. The Labute approximate surface area is 86.0 Å². The van der Waals surface area contributed by atoms with E-state index in [-0.39, 0.29) is 0 Å². The monoisotopic (exact) mass is 199 g/mol. The summed E-state index contributed by atoms with van der Waals surface area (Å²) in [7, 11) is 0. The molecule has 1 saturated carbocycles. The van der Waals surface area contributed by atoms with E-state index in [0.29, 0.717) is 0 Å². The lowest BCUT2D eigenvalue weighted by Gasteiger charge is -2.26. The van der Waals surface area contributed by atoms with Crippen molar-refractivity contribution in [3.05, 3.63) is 0 Å². The van der Waals surface area contributed by atoms with Gasteiger partial charge < -0.3 is 5.32 Å². The minimum atomic E-state index is 0.760. The standard InChI is InChI=1S/C11H21NS/c1-9(7-10-4-5-10)12-11-3-2-6-13-8-11/h9-12H,2-8H2,1H3. The molecule has 0 bridgehead atoms. The average Bonchev–Trinajstić information content (AvgIpc) is 2.90. The van der Waals surface area contributed by atoms with Crippen LogP contribution in [0.25, 0.3) is 0 Å². The Hall–Kier alpha value is 0.310. The maximum Gasteiger partial charge on any atom is 0.0160 e. The van der Waals surface area contributed by atoms with Crippen LogP contribution >= 0.6 is 11.8 Å². The Bertz CT molecular complexity index is 150. The molecule has 1 aliphatic carbocycles. The Morgan fingerprint density at radius 3 is 2.85 bits per heavy atom. The normalized spacial score (nSPS) is 31.6. The molecule has 0 aromatic carbocycles. The fourth-order valence-corrected chi connectivity index (χ4v) is 3.28. The summed E-state index contributed by atoms with van der Waals surface area (Å²) in [6.07, 6.45) is 7.22. The first kappa shape index (κ1) is 9.85. The third kappa shape index (κ3) is 3.51. The molecule has 1 saturated heterocycles. The summed E-state index contributed by atoms with van der Waals surface area (Å²) in [5.74, 6) is 3.79. The first-order valence-electron chi connectivity index (χ1n) is 5.68. The van der Waals surface area contributed by atoms with Crippen LogP contribution in [0.15, 0.2) is 0 Å². The third-order valence-corrected chi connectivity index (χ3v) is 4.28. The SMILES string of the molecule is CC(CC1CC1)NC1CCCSC1. The van der Waals surface area contributed by atoms with E-state index in [1.807, 2.05) is 0 Å². The van der Waals surface area contributed by atoms with Gasteiger partial charge in [0.25, 0.3) is 0 Å². The topological polar surface area (TPSA) is 12.0 Å². The summed E-state index contributed by atoms with van der Waals surface area (Å²) < 4.78 is 0. The van der Waals surface area contributed by atoms with Gasteiger partial charge in [-0.1, -0.05) is 12.8 Å². The molecule has 2 heteroatoms. The summed E-state index contributed by atoms with van der Waals surface area (Å²) in [5, 5.41) is 3.77. The number of rotatable bonds is 4. The minimum Gasteiger partial charge on any atom is -0.311 e. The molecule has 0 aromatic heterocycles. The Kier molecular flexibility index (Phi) is 3.56. The molecule has 2 atom stereocenters. The average molecular weight is 199 g/mol. The van der Waals surface area contributed by atoms with E-state index >= 15 is 0 Å². The second-order valence-electron chi connectivity index (χ2n) is 4.66. The highest BCUT2D eigenvalue weighted by Gasteiger charge is 2.24. The molecule has 0 radical (unpaired) electrons. The van der Waals surface area contributed by atoms with Crippen molar-refractivity contribution in [2.24, 2.45) is 5.92 Å². The molecule has 1 N–H and O–H groups in total. The molecule has 1 aliphatic heterocycles. The van der Waals surface area contributed by atoms with E-state index in [2.05, 4.69) is 24.0 Å². The molecular formula is C11H21NS. The van der Waals surface area contributed by atoms with Crippen molar-refractivity contribution in [3.8, 4) is 0 Å². The number of thioether (sulfide) groups is 1. The van der Waals surface area contributed by atoms with Gasteiger partial charge in [-0.15, -0.1) is 0 Å². The summed E-state index contributed by atoms with van der Waals surface area (Å²) in [6.45, 7) is 2.36. The van der Waals surface area contributed by atoms with Crippen molar-refractivity contribution in [1.82, 2.24) is 5.32 Å². The van der Waals surface area contributed by atoms with Gasteiger partial charge in [0, 0.05) is 17.8 Å². The molecule has 2 unspecified atom stereocenters. The first-order chi connectivity index (χ1) is 6.34. The molecule has 2 aliphatic rings. The highest BCUT2D eigenvalue weighted by atomic mass is 32.2. The predicted octanol–water partition coefficient (Wildman–Crippen LogP) is 2.66. The van der Waals surface area contributed by atoms with Gasteiger partial charge in [-0.3, -0.25) is 0 Å². The predicted molar refractivity (Wildman–Crippen MR) is 60.3 cm³/mol. The van der Waals surface area contributed by atoms with Gasteiger partial charge >= 0.3 is 0 Å². The van der Waals surface area contributed by atoms with Crippen LogP contribution in [0.1, 0.15) is 39.0 Å². The van der Waals surface area contributed by atoms with E-state index in [0.717, 1.165) is 18.0 Å². The quantitative estimate of drug-likeness (QED) is 0.747. The van der Waals surface area contributed by atoms with E-state index in [4.69, 9.17) is 0 Å². The van der Waals surface area contributed by atoms with E-state index in [1.165, 1.54) is 43.6 Å². The molecule has 0 amide bonds. The minimum absolute atomic E-state index is 0.760. The van der Waals surface area contributed by atoms with Crippen LogP contribution in [0, 0.1) is 5.92 Å². The highest BCUT2D eigenvalue weighted by molar-refractivity contribution is 7.99. The molecule has 13 heavy (non-hydrogen) atoms. The van der Waals surface area contributed by atoms with Crippen molar-refractivity contribution in [3.63, 3.8) is 0 Å². The van der Waals surface area contributed by atoms with Gasteiger partial charge in [0.15, 0.2) is 0 Å². The second-order valence-corrected chi connectivity index (χ2v) is 5.81. The molecular weight excluding hydrogens is 178 g/mol. The zero-order chi connectivity index (χ0) is 9.10. The van der Waals surface area contributed by atoms with Gasteiger partial charge in [-0.05, 0) is 37.9 Å². The van der Waals surface area contributed by atoms with Crippen LogP contribution in [-0.2, 0) is 0 Å². The Balaban J connectivity index is 1.62. The number of hydrogen-bond donors (Lipinski definition) is 1. The molecule has 1 nitrogen and oxygen atoms in total. The molecule has 0 aromatic rings. The van der Waals surface area contributed by atoms with Gasteiger partial charge in [0.2, 0.25) is 0 Å². The van der Waals surface area contributed by atoms with Crippen molar-refractivity contribution < 1.29 is 0 Å². The number of hydrogen-bond acceptors (Lipinski definition) is 2. The van der Waals surface area contributed by atoms with E-state index < -0.39 is 0 Å². The van der Waals surface area contributed by atoms with Gasteiger partial charge in [-0.25, -0.2) is 0 Å². The molecule has 2 rings (SSSR count).